The van der Waals surface area contributed by atoms with E-state index in [2.05, 4.69) is 47.7 Å². The van der Waals surface area contributed by atoms with Crippen LogP contribution in [0.3, 0.4) is 0 Å². The lowest BCUT2D eigenvalue weighted by molar-refractivity contribution is 0.846. The van der Waals surface area contributed by atoms with E-state index in [4.69, 9.17) is 0 Å². The van der Waals surface area contributed by atoms with E-state index in [0.717, 1.165) is 19.3 Å². The van der Waals surface area contributed by atoms with Gasteiger partial charge in [-0.05, 0) is 44.5 Å². The van der Waals surface area contributed by atoms with Gasteiger partial charge in [-0.25, -0.2) is 0 Å². The summed E-state index contributed by atoms with van der Waals surface area (Å²) >= 11 is 0. The van der Waals surface area contributed by atoms with Crippen LogP contribution in [0.15, 0.2) is 70.3 Å². The Morgan fingerprint density at radius 2 is 1.29 bits per heavy atom. The van der Waals surface area contributed by atoms with Gasteiger partial charge >= 0.3 is 0 Å². The van der Waals surface area contributed by atoms with Crippen LogP contribution < -0.4 is 26.4 Å². The highest BCUT2D eigenvalue weighted by molar-refractivity contribution is 5.74. The third-order valence-electron chi connectivity index (χ3n) is 4.63. The summed E-state index contributed by atoms with van der Waals surface area (Å²) in [5.41, 5.74) is 2.71. The average molecular weight is 420 g/mol. The normalized spacial score (nSPS) is 9.71. The maximum absolute atomic E-state index is 12.0. The molecule has 0 atom stereocenters. The zero-order valence-electron chi connectivity index (χ0n) is 18.7. The zero-order valence-corrected chi connectivity index (χ0v) is 18.7. The minimum Gasteiger partial charge on any atom is -0.380 e. The molecule has 3 aromatic carbocycles. The number of anilines is 2. The van der Waals surface area contributed by atoms with Crippen LogP contribution in [0.25, 0.3) is 0 Å². The molecule has 5 nitrogen and oxygen atoms in total. The molecule has 164 valence electrons. The molecule has 0 saturated carbocycles. The quantitative estimate of drug-likeness (QED) is 0.317. The van der Waals surface area contributed by atoms with E-state index < -0.39 is 5.43 Å². The summed E-state index contributed by atoms with van der Waals surface area (Å²) in [6, 6.07) is 20.4. The molecule has 0 aliphatic heterocycles. The van der Waals surface area contributed by atoms with E-state index in [1.807, 2.05) is 62.4 Å². The summed E-state index contributed by atoms with van der Waals surface area (Å²) in [6.45, 7) is 1.38. The molecule has 0 amide bonds. The van der Waals surface area contributed by atoms with Crippen molar-refractivity contribution in [2.24, 2.45) is 0 Å². The smallest absolute Gasteiger partial charge is 0.253 e. The molecule has 0 heterocycles. The molecule has 2 N–H and O–H groups in total. The number of hydrogen-bond donors (Lipinski definition) is 2. The number of aryl methyl sites for hydroxylation is 1. The molecular formula is C26H33N3O2. The summed E-state index contributed by atoms with van der Waals surface area (Å²) in [5.74, 6) is 0. The van der Waals surface area contributed by atoms with E-state index in [-0.39, 0.29) is 5.43 Å². The van der Waals surface area contributed by atoms with Crippen LogP contribution in [0.5, 0.6) is 0 Å². The Morgan fingerprint density at radius 3 is 1.81 bits per heavy atom. The van der Waals surface area contributed by atoms with Crippen molar-refractivity contribution in [2.75, 3.05) is 44.4 Å². The van der Waals surface area contributed by atoms with Crippen molar-refractivity contribution in [3.63, 3.8) is 0 Å². The second kappa shape index (κ2) is 14.6. The Balaban J connectivity index is 0.000000884. The van der Waals surface area contributed by atoms with Crippen LogP contribution in [0.2, 0.25) is 0 Å². The zero-order chi connectivity index (χ0) is 23.1. The van der Waals surface area contributed by atoms with E-state index in [1.54, 1.807) is 0 Å². The fraction of sp³-hybridized carbons (Fsp3) is 0.308. The molecule has 0 aliphatic carbocycles. The Morgan fingerprint density at radius 1 is 0.806 bits per heavy atom. The second-order valence-corrected chi connectivity index (χ2v) is 7.05. The van der Waals surface area contributed by atoms with Crippen LogP contribution in [-0.4, -0.2) is 34.2 Å². The van der Waals surface area contributed by atoms with Crippen LogP contribution in [0.1, 0.15) is 17.5 Å². The highest BCUT2D eigenvalue weighted by atomic mass is 16.2. The standard InChI is InChI=1S/C22H24N2O2.C2H7N.C2H2/c1-24(16-14-18-11-6-3-7-12-18)20-19(21(25)22(20)26)23-15-8-13-17-9-4-2-5-10-17;1-3-2;1-2/h2-7,9-12,23H,8,13-16H2,1H3;3H,1-2H3;1-2H. The first-order valence-electron chi connectivity index (χ1n) is 10.4. The molecular weight excluding hydrogens is 386 g/mol. The van der Waals surface area contributed by atoms with Crippen molar-refractivity contribution in [3.05, 3.63) is 92.2 Å². The van der Waals surface area contributed by atoms with Crippen LogP contribution in [0.4, 0.5) is 11.4 Å². The number of nitrogens with zero attached hydrogens (tertiary/aromatic N) is 1. The number of benzene rings is 2. The third kappa shape index (κ3) is 8.12. The summed E-state index contributed by atoms with van der Waals surface area (Å²) in [6.07, 6.45) is 10.7. The monoisotopic (exact) mass is 419 g/mol. The second-order valence-electron chi connectivity index (χ2n) is 7.05. The fourth-order valence-corrected chi connectivity index (χ4v) is 3.11. The largest absolute Gasteiger partial charge is 0.380 e. The van der Waals surface area contributed by atoms with Gasteiger partial charge in [0.1, 0.15) is 11.4 Å². The number of nitrogens with one attached hydrogen (secondary N) is 2. The molecule has 0 aromatic heterocycles. The summed E-state index contributed by atoms with van der Waals surface area (Å²) < 4.78 is 0. The maximum Gasteiger partial charge on any atom is 0.253 e. The first kappa shape index (κ1) is 25.7. The van der Waals surface area contributed by atoms with Gasteiger partial charge in [-0.15, -0.1) is 12.8 Å². The summed E-state index contributed by atoms with van der Waals surface area (Å²) in [4.78, 5) is 25.8. The van der Waals surface area contributed by atoms with Gasteiger partial charge in [0, 0.05) is 20.1 Å². The predicted octanol–water partition coefficient (Wildman–Crippen LogP) is 3.09. The van der Waals surface area contributed by atoms with E-state index in [0.29, 0.717) is 24.5 Å². The molecule has 3 rings (SSSR count). The molecule has 0 radical (unpaired) electrons. The average Bonchev–Trinajstić information content (AvgIpc) is 2.82. The molecule has 3 aromatic rings. The molecule has 31 heavy (non-hydrogen) atoms. The lowest BCUT2D eigenvalue weighted by Crippen LogP contribution is -2.42. The van der Waals surface area contributed by atoms with Gasteiger partial charge in [-0.2, -0.15) is 0 Å². The molecule has 0 saturated heterocycles. The van der Waals surface area contributed by atoms with Crippen molar-refractivity contribution >= 4 is 11.4 Å². The molecule has 0 spiro atoms. The van der Waals surface area contributed by atoms with Crippen LogP contribution in [0, 0.1) is 12.8 Å². The lowest BCUT2D eigenvalue weighted by atomic mass is 10.1. The Bertz CT molecular complexity index is 959. The van der Waals surface area contributed by atoms with E-state index >= 15 is 0 Å². The Hall–Kier alpha value is -3.36. The fourth-order valence-electron chi connectivity index (χ4n) is 3.11. The number of likely N-dealkylation sites (N-methyl/N-ethyl adjacent to an activating group) is 1. The topological polar surface area (TPSA) is 61.4 Å². The minimum atomic E-state index is -0.397. The van der Waals surface area contributed by atoms with Crippen molar-refractivity contribution < 1.29 is 0 Å². The van der Waals surface area contributed by atoms with E-state index in [1.165, 1.54) is 11.1 Å². The maximum atomic E-state index is 12.0. The van der Waals surface area contributed by atoms with Crippen molar-refractivity contribution in [2.45, 2.75) is 19.3 Å². The van der Waals surface area contributed by atoms with Crippen molar-refractivity contribution in [1.29, 1.82) is 0 Å². The highest BCUT2D eigenvalue weighted by Crippen LogP contribution is 2.19. The van der Waals surface area contributed by atoms with Crippen molar-refractivity contribution in [1.82, 2.24) is 5.32 Å². The molecule has 0 unspecified atom stereocenters. The van der Waals surface area contributed by atoms with E-state index in [9.17, 15) is 9.59 Å². The summed E-state index contributed by atoms with van der Waals surface area (Å²) in [5, 5.41) is 5.92. The first-order valence-corrected chi connectivity index (χ1v) is 10.4. The third-order valence-corrected chi connectivity index (χ3v) is 4.63. The molecule has 0 bridgehead atoms. The minimum absolute atomic E-state index is 0.383. The van der Waals surface area contributed by atoms with Gasteiger partial charge in [0.15, 0.2) is 0 Å². The first-order chi connectivity index (χ1) is 15.1. The van der Waals surface area contributed by atoms with Crippen molar-refractivity contribution in [3.8, 4) is 12.8 Å². The Kier molecular flexibility index (Phi) is 12.1. The van der Waals surface area contributed by atoms with Crippen LogP contribution in [-0.2, 0) is 12.8 Å². The lowest BCUT2D eigenvalue weighted by Gasteiger charge is -2.23. The van der Waals surface area contributed by atoms with Crippen LogP contribution >= 0.6 is 0 Å². The molecule has 0 fully saturated rings. The number of rotatable bonds is 9. The SMILES string of the molecule is C#C.CN(CCc1ccccc1)c1c(NCCCc2ccccc2)c(=O)c1=O.CNC. The number of terminal acetylenes is 1. The molecule has 0 aliphatic rings. The van der Waals surface area contributed by atoms with Gasteiger partial charge in [0.25, 0.3) is 10.9 Å². The van der Waals surface area contributed by atoms with Gasteiger partial charge in [0.2, 0.25) is 0 Å². The van der Waals surface area contributed by atoms with Gasteiger partial charge in [-0.1, -0.05) is 60.7 Å². The molecule has 5 heteroatoms. The number of hydrogen-bond acceptors (Lipinski definition) is 5. The summed E-state index contributed by atoms with van der Waals surface area (Å²) in [7, 11) is 5.62. The highest BCUT2D eigenvalue weighted by Gasteiger charge is 2.23. The van der Waals surface area contributed by atoms with Gasteiger partial charge < -0.3 is 15.5 Å². The Labute approximate surface area is 185 Å². The van der Waals surface area contributed by atoms with Gasteiger partial charge in [0.05, 0.1) is 0 Å². The van der Waals surface area contributed by atoms with Gasteiger partial charge in [-0.3, -0.25) is 9.59 Å². The predicted molar refractivity (Wildman–Crippen MR) is 133 cm³/mol.